The summed E-state index contributed by atoms with van der Waals surface area (Å²) in [6.45, 7) is 1.93. The van der Waals surface area contributed by atoms with Gasteiger partial charge in [-0.05, 0) is 24.1 Å². The van der Waals surface area contributed by atoms with Gasteiger partial charge in [0.25, 0.3) is 0 Å². The number of hydrogen-bond donors (Lipinski definition) is 0. The van der Waals surface area contributed by atoms with Gasteiger partial charge in [-0.1, -0.05) is 66.5 Å². The van der Waals surface area contributed by atoms with Crippen molar-refractivity contribution in [1.82, 2.24) is 0 Å². The molecule has 0 N–H and O–H groups in total. The van der Waals surface area contributed by atoms with E-state index in [-0.39, 0.29) is 11.7 Å². The van der Waals surface area contributed by atoms with E-state index >= 15 is 0 Å². The predicted octanol–water partition coefficient (Wildman–Crippen LogP) is 5.05. The Balaban J connectivity index is 2.10. The molecule has 1 atom stereocenters. The van der Waals surface area contributed by atoms with Crippen molar-refractivity contribution >= 4 is 29.0 Å². The van der Waals surface area contributed by atoms with Gasteiger partial charge in [0, 0.05) is 11.5 Å². The van der Waals surface area contributed by atoms with E-state index in [1.807, 2.05) is 49.4 Å². The number of carbonyl (C=O) groups is 1. The van der Waals surface area contributed by atoms with Crippen LogP contribution >= 0.6 is 23.2 Å². The van der Waals surface area contributed by atoms with Crippen LogP contribution in [-0.2, 0) is 6.42 Å². The second-order valence-corrected chi connectivity index (χ2v) is 5.40. The fourth-order valence-corrected chi connectivity index (χ4v) is 2.32. The minimum atomic E-state index is -0.0837. The summed E-state index contributed by atoms with van der Waals surface area (Å²) in [5, 5.41) is 1.06. The van der Waals surface area contributed by atoms with E-state index in [1.54, 1.807) is 6.07 Å². The summed E-state index contributed by atoms with van der Waals surface area (Å²) in [4.78, 5) is 12.2. The highest BCUT2D eigenvalue weighted by molar-refractivity contribution is 6.42. The normalized spacial score (nSPS) is 12.2. The lowest BCUT2D eigenvalue weighted by molar-refractivity contribution is 0.0929. The monoisotopic (exact) mass is 292 g/mol. The predicted molar refractivity (Wildman–Crippen MR) is 80.1 cm³/mol. The van der Waals surface area contributed by atoms with Crippen LogP contribution in [0.25, 0.3) is 0 Å². The van der Waals surface area contributed by atoms with Gasteiger partial charge in [0.15, 0.2) is 5.78 Å². The molecule has 1 nitrogen and oxygen atoms in total. The van der Waals surface area contributed by atoms with Gasteiger partial charge in [0.1, 0.15) is 0 Å². The summed E-state index contributed by atoms with van der Waals surface area (Å²) in [5.41, 5.74) is 1.77. The number of hydrogen-bond acceptors (Lipinski definition) is 1. The van der Waals surface area contributed by atoms with Crippen LogP contribution in [0.2, 0.25) is 10.0 Å². The van der Waals surface area contributed by atoms with Crippen LogP contribution < -0.4 is 0 Å². The van der Waals surface area contributed by atoms with Gasteiger partial charge in [0.05, 0.1) is 10.0 Å². The van der Waals surface area contributed by atoms with E-state index in [0.29, 0.717) is 16.5 Å². The van der Waals surface area contributed by atoms with Crippen molar-refractivity contribution in [1.29, 1.82) is 0 Å². The summed E-state index contributed by atoms with van der Waals surface area (Å²) in [6, 6.07) is 14.8. The molecular formula is C16H14Cl2O. The van der Waals surface area contributed by atoms with E-state index in [9.17, 15) is 4.79 Å². The second-order valence-electron chi connectivity index (χ2n) is 4.58. The molecule has 2 aromatic carbocycles. The van der Waals surface area contributed by atoms with Crippen molar-refractivity contribution in [3.05, 3.63) is 69.7 Å². The minimum Gasteiger partial charge on any atom is -0.294 e. The highest BCUT2D eigenvalue weighted by Gasteiger charge is 2.15. The Morgan fingerprint density at radius 2 is 1.74 bits per heavy atom. The Labute approximate surface area is 123 Å². The van der Waals surface area contributed by atoms with Gasteiger partial charge < -0.3 is 0 Å². The molecule has 0 heterocycles. The smallest absolute Gasteiger partial charge is 0.165 e. The number of rotatable bonds is 4. The third-order valence-corrected chi connectivity index (χ3v) is 3.77. The van der Waals surface area contributed by atoms with Crippen LogP contribution in [-0.4, -0.2) is 5.78 Å². The van der Waals surface area contributed by atoms with Crippen molar-refractivity contribution in [2.75, 3.05) is 0 Å². The molecule has 1 unspecified atom stereocenters. The summed E-state index contributed by atoms with van der Waals surface area (Å²) in [7, 11) is 0. The van der Waals surface area contributed by atoms with Gasteiger partial charge in [-0.2, -0.15) is 0 Å². The molecule has 0 spiro atoms. The molecule has 19 heavy (non-hydrogen) atoms. The Hall–Kier alpha value is -1.31. The molecule has 0 aromatic heterocycles. The molecular weight excluding hydrogens is 279 g/mol. The Bertz CT molecular complexity index is 579. The zero-order valence-electron chi connectivity index (χ0n) is 10.6. The van der Waals surface area contributed by atoms with Crippen LogP contribution in [0.5, 0.6) is 0 Å². The number of Topliss-reactive ketones (excluding diaryl/α,β-unsaturated/α-hetero) is 1. The average molecular weight is 293 g/mol. The second kappa shape index (κ2) is 6.23. The zero-order valence-corrected chi connectivity index (χ0v) is 12.1. The molecule has 0 radical (unpaired) electrons. The number of halogens is 2. The quantitative estimate of drug-likeness (QED) is 0.720. The molecule has 2 rings (SSSR count). The average Bonchev–Trinajstić information content (AvgIpc) is 2.43. The fraction of sp³-hybridized carbons (Fsp3) is 0.188. The number of benzene rings is 2. The van der Waals surface area contributed by atoms with Gasteiger partial charge >= 0.3 is 0 Å². The molecule has 0 saturated heterocycles. The van der Waals surface area contributed by atoms with Crippen LogP contribution in [0.1, 0.15) is 22.8 Å². The minimum absolute atomic E-state index is 0.0837. The molecule has 0 aliphatic carbocycles. The van der Waals surface area contributed by atoms with Crippen molar-refractivity contribution in [2.45, 2.75) is 13.3 Å². The first kappa shape index (κ1) is 14.1. The molecule has 0 amide bonds. The third-order valence-electron chi connectivity index (χ3n) is 3.03. The van der Waals surface area contributed by atoms with E-state index < -0.39 is 0 Å². The lowest BCUT2D eigenvalue weighted by atomic mass is 9.93. The van der Waals surface area contributed by atoms with Gasteiger partial charge in [0.2, 0.25) is 0 Å². The first-order valence-electron chi connectivity index (χ1n) is 6.11. The Kier molecular flexibility index (Phi) is 4.62. The van der Waals surface area contributed by atoms with E-state index in [1.165, 1.54) is 0 Å². The van der Waals surface area contributed by atoms with Gasteiger partial charge in [-0.3, -0.25) is 4.79 Å². The zero-order chi connectivity index (χ0) is 13.8. The molecule has 3 heteroatoms. The topological polar surface area (TPSA) is 17.1 Å². The largest absolute Gasteiger partial charge is 0.294 e. The summed E-state index contributed by atoms with van der Waals surface area (Å²) in [6.07, 6.45) is 0.657. The van der Waals surface area contributed by atoms with E-state index in [4.69, 9.17) is 23.2 Å². The lowest BCUT2D eigenvalue weighted by Crippen LogP contribution is -2.13. The lowest BCUT2D eigenvalue weighted by Gasteiger charge is -2.11. The van der Waals surface area contributed by atoms with Crippen LogP contribution in [0, 0.1) is 5.92 Å². The molecule has 98 valence electrons. The SMILES string of the molecule is CC(Cc1ccc(Cl)c(Cl)c1)C(=O)c1ccccc1. The number of carbonyl (C=O) groups excluding carboxylic acids is 1. The maximum atomic E-state index is 12.2. The van der Waals surface area contributed by atoms with Crippen LogP contribution in [0.3, 0.4) is 0 Å². The van der Waals surface area contributed by atoms with E-state index in [2.05, 4.69) is 0 Å². The van der Waals surface area contributed by atoms with Crippen molar-refractivity contribution in [2.24, 2.45) is 5.92 Å². The van der Waals surface area contributed by atoms with E-state index in [0.717, 1.165) is 11.1 Å². The summed E-state index contributed by atoms with van der Waals surface area (Å²) in [5.74, 6) is 0.0614. The van der Waals surface area contributed by atoms with Gasteiger partial charge in [-0.15, -0.1) is 0 Å². The standard InChI is InChI=1S/C16H14Cl2O/c1-11(16(19)13-5-3-2-4-6-13)9-12-7-8-14(17)15(18)10-12/h2-8,10-11H,9H2,1H3. The van der Waals surface area contributed by atoms with Crippen LogP contribution in [0.15, 0.2) is 48.5 Å². The molecule has 2 aromatic rings. The van der Waals surface area contributed by atoms with Crippen LogP contribution in [0.4, 0.5) is 0 Å². The van der Waals surface area contributed by atoms with Crippen molar-refractivity contribution in [3.63, 3.8) is 0 Å². The maximum absolute atomic E-state index is 12.2. The maximum Gasteiger partial charge on any atom is 0.165 e. The van der Waals surface area contributed by atoms with Crippen molar-refractivity contribution < 1.29 is 4.79 Å². The molecule has 0 saturated carbocycles. The van der Waals surface area contributed by atoms with Gasteiger partial charge in [-0.25, -0.2) is 0 Å². The highest BCUT2D eigenvalue weighted by Crippen LogP contribution is 2.24. The Morgan fingerprint density at radius 3 is 2.37 bits per heavy atom. The number of ketones is 1. The third kappa shape index (κ3) is 3.59. The Morgan fingerprint density at radius 1 is 1.05 bits per heavy atom. The molecule has 0 aliphatic rings. The van der Waals surface area contributed by atoms with Crippen molar-refractivity contribution in [3.8, 4) is 0 Å². The summed E-state index contributed by atoms with van der Waals surface area (Å²) < 4.78 is 0. The summed E-state index contributed by atoms with van der Waals surface area (Å²) >= 11 is 11.9. The fourth-order valence-electron chi connectivity index (χ4n) is 2.00. The molecule has 0 bridgehead atoms. The first-order valence-corrected chi connectivity index (χ1v) is 6.86. The molecule has 0 aliphatic heterocycles. The molecule has 0 fully saturated rings. The highest BCUT2D eigenvalue weighted by atomic mass is 35.5. The first-order chi connectivity index (χ1) is 9.08.